The summed E-state index contributed by atoms with van der Waals surface area (Å²) in [4.78, 5) is 4.53. The molecular weight excluding hydrogens is 244 g/mol. The number of nitrogens with zero attached hydrogens (tertiary/aromatic N) is 1. The van der Waals surface area contributed by atoms with E-state index < -0.39 is 0 Å². The molecule has 0 spiro atoms. The van der Waals surface area contributed by atoms with E-state index in [4.69, 9.17) is 4.74 Å². The standard InChI is InChI=1S/C14H20N2OS/c1-11(2)10-17-9-5-8-15-14-16-12-6-3-4-7-13(12)18-14/h3-4,6-7,11H,5,8-10H2,1-2H3,(H,15,16). The lowest BCUT2D eigenvalue weighted by molar-refractivity contribution is 0.110. The highest BCUT2D eigenvalue weighted by Crippen LogP contribution is 2.25. The Morgan fingerprint density at radius 3 is 2.94 bits per heavy atom. The molecule has 0 unspecified atom stereocenters. The summed E-state index contributed by atoms with van der Waals surface area (Å²) in [6, 6.07) is 8.21. The van der Waals surface area contributed by atoms with E-state index in [1.54, 1.807) is 11.3 Å². The average molecular weight is 264 g/mol. The largest absolute Gasteiger partial charge is 0.381 e. The molecule has 0 bridgehead atoms. The number of hydrogen-bond donors (Lipinski definition) is 1. The van der Waals surface area contributed by atoms with Crippen LogP contribution in [0.15, 0.2) is 24.3 Å². The molecule has 18 heavy (non-hydrogen) atoms. The van der Waals surface area contributed by atoms with Crippen LogP contribution in [0.4, 0.5) is 5.13 Å². The monoisotopic (exact) mass is 264 g/mol. The molecule has 0 radical (unpaired) electrons. The van der Waals surface area contributed by atoms with Crippen molar-refractivity contribution in [2.24, 2.45) is 5.92 Å². The van der Waals surface area contributed by atoms with Gasteiger partial charge in [0.05, 0.1) is 10.2 Å². The Kier molecular flexibility index (Phi) is 4.96. The number of thiazole rings is 1. The number of benzene rings is 1. The van der Waals surface area contributed by atoms with E-state index in [0.29, 0.717) is 5.92 Å². The average Bonchev–Trinajstić information content (AvgIpc) is 2.75. The van der Waals surface area contributed by atoms with Gasteiger partial charge >= 0.3 is 0 Å². The van der Waals surface area contributed by atoms with Gasteiger partial charge in [-0.1, -0.05) is 37.3 Å². The van der Waals surface area contributed by atoms with Crippen molar-refractivity contribution in [3.05, 3.63) is 24.3 Å². The molecular formula is C14H20N2OS. The predicted octanol–water partition coefficient (Wildman–Crippen LogP) is 3.77. The van der Waals surface area contributed by atoms with E-state index in [-0.39, 0.29) is 0 Å². The van der Waals surface area contributed by atoms with Gasteiger partial charge in [-0.25, -0.2) is 4.98 Å². The minimum atomic E-state index is 0.613. The summed E-state index contributed by atoms with van der Waals surface area (Å²) in [6.45, 7) is 6.91. The molecule has 0 saturated carbocycles. The molecule has 0 saturated heterocycles. The SMILES string of the molecule is CC(C)COCCCNc1nc2ccccc2s1. The summed E-state index contributed by atoms with van der Waals surface area (Å²) < 4.78 is 6.77. The van der Waals surface area contributed by atoms with Crippen LogP contribution < -0.4 is 5.32 Å². The maximum absolute atomic E-state index is 5.53. The Morgan fingerprint density at radius 2 is 2.17 bits per heavy atom. The Labute approximate surface area is 112 Å². The van der Waals surface area contributed by atoms with Gasteiger partial charge in [0.2, 0.25) is 0 Å². The molecule has 0 atom stereocenters. The fourth-order valence-electron chi connectivity index (χ4n) is 1.64. The Morgan fingerprint density at radius 1 is 1.33 bits per heavy atom. The second kappa shape index (κ2) is 6.71. The van der Waals surface area contributed by atoms with E-state index in [0.717, 1.165) is 36.8 Å². The van der Waals surface area contributed by atoms with Crippen LogP contribution in [0.5, 0.6) is 0 Å². The number of aromatic nitrogens is 1. The minimum Gasteiger partial charge on any atom is -0.381 e. The van der Waals surface area contributed by atoms with Crippen LogP contribution in [0.1, 0.15) is 20.3 Å². The van der Waals surface area contributed by atoms with Crippen LogP contribution in [-0.4, -0.2) is 24.7 Å². The topological polar surface area (TPSA) is 34.1 Å². The van der Waals surface area contributed by atoms with Gasteiger partial charge in [0.1, 0.15) is 0 Å². The lowest BCUT2D eigenvalue weighted by Gasteiger charge is -2.06. The quantitative estimate of drug-likeness (QED) is 0.773. The van der Waals surface area contributed by atoms with E-state index in [1.807, 2.05) is 18.2 Å². The van der Waals surface area contributed by atoms with Crippen LogP contribution in [0.3, 0.4) is 0 Å². The summed E-state index contributed by atoms with van der Waals surface area (Å²) in [5.74, 6) is 0.613. The van der Waals surface area contributed by atoms with E-state index in [2.05, 4.69) is 30.2 Å². The van der Waals surface area contributed by atoms with Crippen molar-refractivity contribution in [2.75, 3.05) is 25.1 Å². The first-order valence-electron chi connectivity index (χ1n) is 6.43. The van der Waals surface area contributed by atoms with Gasteiger partial charge in [0.15, 0.2) is 5.13 Å². The molecule has 2 aromatic rings. The molecule has 0 aliphatic heterocycles. The van der Waals surface area contributed by atoms with Crippen molar-refractivity contribution in [3.63, 3.8) is 0 Å². The first-order chi connectivity index (χ1) is 8.75. The molecule has 0 aliphatic rings. The highest BCUT2D eigenvalue weighted by molar-refractivity contribution is 7.22. The van der Waals surface area contributed by atoms with Crippen LogP contribution in [0, 0.1) is 5.92 Å². The van der Waals surface area contributed by atoms with Crippen molar-refractivity contribution in [1.82, 2.24) is 4.98 Å². The first-order valence-corrected chi connectivity index (χ1v) is 7.24. The van der Waals surface area contributed by atoms with Crippen LogP contribution >= 0.6 is 11.3 Å². The van der Waals surface area contributed by atoms with Crippen LogP contribution in [0.25, 0.3) is 10.2 Å². The molecule has 0 amide bonds. The molecule has 3 nitrogen and oxygen atoms in total. The molecule has 1 aromatic carbocycles. The second-order valence-electron chi connectivity index (χ2n) is 4.74. The normalized spacial score (nSPS) is 11.3. The van der Waals surface area contributed by atoms with Crippen molar-refractivity contribution in [3.8, 4) is 0 Å². The third-order valence-electron chi connectivity index (χ3n) is 2.49. The maximum Gasteiger partial charge on any atom is 0.183 e. The molecule has 2 rings (SSSR count). The third-order valence-corrected chi connectivity index (χ3v) is 3.48. The minimum absolute atomic E-state index is 0.613. The molecule has 4 heteroatoms. The predicted molar refractivity (Wildman–Crippen MR) is 78.4 cm³/mol. The number of hydrogen-bond acceptors (Lipinski definition) is 4. The highest BCUT2D eigenvalue weighted by Gasteiger charge is 2.01. The van der Waals surface area contributed by atoms with Crippen molar-refractivity contribution in [2.45, 2.75) is 20.3 Å². The smallest absolute Gasteiger partial charge is 0.183 e. The zero-order chi connectivity index (χ0) is 12.8. The molecule has 1 N–H and O–H groups in total. The van der Waals surface area contributed by atoms with Gasteiger partial charge in [-0.05, 0) is 24.5 Å². The summed E-state index contributed by atoms with van der Waals surface area (Å²) in [7, 11) is 0. The lowest BCUT2D eigenvalue weighted by Crippen LogP contribution is -2.08. The number of rotatable bonds is 7. The van der Waals surface area contributed by atoms with Crippen molar-refractivity contribution >= 4 is 26.7 Å². The van der Waals surface area contributed by atoms with E-state index >= 15 is 0 Å². The fourth-order valence-corrected chi connectivity index (χ4v) is 2.53. The Balaban J connectivity index is 1.70. The van der Waals surface area contributed by atoms with Gasteiger partial charge < -0.3 is 10.1 Å². The maximum atomic E-state index is 5.53. The van der Waals surface area contributed by atoms with Gasteiger partial charge in [-0.3, -0.25) is 0 Å². The lowest BCUT2D eigenvalue weighted by atomic mass is 10.2. The van der Waals surface area contributed by atoms with Gasteiger partial charge in [0.25, 0.3) is 0 Å². The first kappa shape index (κ1) is 13.3. The number of nitrogens with one attached hydrogen (secondary N) is 1. The zero-order valence-corrected chi connectivity index (χ0v) is 11.8. The summed E-state index contributed by atoms with van der Waals surface area (Å²) in [6.07, 6.45) is 1.02. The van der Waals surface area contributed by atoms with Gasteiger partial charge in [-0.2, -0.15) is 0 Å². The second-order valence-corrected chi connectivity index (χ2v) is 5.77. The highest BCUT2D eigenvalue weighted by atomic mass is 32.1. The van der Waals surface area contributed by atoms with Crippen LogP contribution in [0.2, 0.25) is 0 Å². The summed E-state index contributed by atoms with van der Waals surface area (Å²) >= 11 is 1.70. The molecule has 98 valence electrons. The zero-order valence-electron chi connectivity index (χ0n) is 11.0. The molecule has 1 aromatic heterocycles. The number of fused-ring (bicyclic) bond motifs is 1. The summed E-state index contributed by atoms with van der Waals surface area (Å²) in [5, 5.41) is 4.35. The van der Waals surface area contributed by atoms with Gasteiger partial charge in [-0.15, -0.1) is 0 Å². The van der Waals surface area contributed by atoms with Crippen LogP contribution in [-0.2, 0) is 4.74 Å². The Hall–Kier alpha value is -1.13. The van der Waals surface area contributed by atoms with E-state index in [9.17, 15) is 0 Å². The number of ether oxygens (including phenoxy) is 1. The molecule has 0 aliphatic carbocycles. The Bertz CT molecular complexity index is 448. The third kappa shape index (κ3) is 3.96. The van der Waals surface area contributed by atoms with Crippen molar-refractivity contribution < 1.29 is 4.74 Å². The molecule has 1 heterocycles. The van der Waals surface area contributed by atoms with E-state index in [1.165, 1.54) is 4.70 Å². The number of anilines is 1. The van der Waals surface area contributed by atoms with Gasteiger partial charge in [0, 0.05) is 19.8 Å². The van der Waals surface area contributed by atoms with Crippen molar-refractivity contribution in [1.29, 1.82) is 0 Å². The molecule has 0 fully saturated rings. The fraction of sp³-hybridized carbons (Fsp3) is 0.500. The summed E-state index contributed by atoms with van der Waals surface area (Å²) in [5.41, 5.74) is 1.07. The number of para-hydroxylation sites is 1.